The minimum atomic E-state index is -0.341. The summed E-state index contributed by atoms with van der Waals surface area (Å²) in [6.07, 6.45) is 0. The number of rotatable bonds is 5. The molecule has 0 atom stereocenters. The van der Waals surface area contributed by atoms with Crippen LogP contribution in [0.3, 0.4) is 0 Å². The maximum atomic E-state index is 13.5. The average molecular weight is 345 g/mol. The number of carbonyl (C=O) groups is 1. The van der Waals surface area contributed by atoms with Gasteiger partial charge in [-0.1, -0.05) is 17.8 Å². The van der Waals surface area contributed by atoms with Crippen LogP contribution in [0.2, 0.25) is 0 Å². The fraction of sp³-hybridized carbons (Fsp3) is 0.176. The highest BCUT2D eigenvalue weighted by molar-refractivity contribution is 7.99. The van der Waals surface area contributed by atoms with E-state index in [2.05, 4.69) is 15.3 Å². The molecule has 1 heterocycles. The van der Waals surface area contributed by atoms with Crippen molar-refractivity contribution in [1.29, 1.82) is 0 Å². The van der Waals surface area contributed by atoms with Crippen molar-refractivity contribution < 1.29 is 13.9 Å². The largest absolute Gasteiger partial charge is 0.497 e. The van der Waals surface area contributed by atoms with Gasteiger partial charge in [0.05, 0.1) is 23.9 Å². The van der Waals surface area contributed by atoms with Gasteiger partial charge in [0.1, 0.15) is 11.6 Å². The van der Waals surface area contributed by atoms with E-state index in [4.69, 9.17) is 4.74 Å². The number of carbonyl (C=O) groups excluding carboxylic acids is 1. The first-order valence-corrected chi connectivity index (χ1v) is 8.26. The van der Waals surface area contributed by atoms with E-state index in [1.807, 2.05) is 18.2 Å². The number of hydrogen-bond acceptors (Lipinski definition) is 4. The third kappa shape index (κ3) is 3.68. The van der Waals surface area contributed by atoms with Gasteiger partial charge in [-0.25, -0.2) is 9.37 Å². The normalized spacial score (nSPS) is 10.8. The summed E-state index contributed by atoms with van der Waals surface area (Å²) in [5.74, 6) is 0.349. The average Bonchev–Trinajstić information content (AvgIpc) is 2.98. The zero-order chi connectivity index (χ0) is 17.1. The van der Waals surface area contributed by atoms with Gasteiger partial charge in [-0.15, -0.1) is 0 Å². The second-order valence-electron chi connectivity index (χ2n) is 5.23. The van der Waals surface area contributed by atoms with Crippen molar-refractivity contribution in [2.24, 2.45) is 0 Å². The first kappa shape index (κ1) is 16.3. The first-order chi connectivity index (χ1) is 11.5. The van der Waals surface area contributed by atoms with Crippen molar-refractivity contribution in [3.8, 4) is 5.75 Å². The smallest absolute Gasteiger partial charge is 0.234 e. The van der Waals surface area contributed by atoms with Gasteiger partial charge in [-0.05, 0) is 36.8 Å². The fourth-order valence-corrected chi connectivity index (χ4v) is 2.85. The molecule has 0 spiro atoms. The fourth-order valence-electron chi connectivity index (χ4n) is 2.16. The number of thioether (sulfide) groups is 1. The summed E-state index contributed by atoms with van der Waals surface area (Å²) in [7, 11) is 1.60. The van der Waals surface area contributed by atoms with E-state index in [1.54, 1.807) is 26.2 Å². The SMILES string of the molecule is COc1ccc2nc(SCC(=O)Nc3ccc(C)c(F)c3)[nH]c2c1. The standard InChI is InChI=1S/C17H16FN3O2S/c1-10-3-4-11(7-13(10)18)19-16(22)9-24-17-20-14-6-5-12(23-2)8-15(14)21-17/h3-8H,9H2,1-2H3,(H,19,22)(H,20,21). The molecule has 2 aromatic carbocycles. The predicted molar refractivity (Wildman–Crippen MR) is 93.1 cm³/mol. The van der Waals surface area contributed by atoms with E-state index in [9.17, 15) is 9.18 Å². The molecule has 24 heavy (non-hydrogen) atoms. The third-order valence-corrected chi connectivity index (χ3v) is 4.34. The number of H-pyrrole nitrogens is 1. The lowest BCUT2D eigenvalue weighted by Gasteiger charge is -2.05. The topological polar surface area (TPSA) is 67.0 Å². The molecule has 0 bridgehead atoms. The Kier molecular flexibility index (Phi) is 4.71. The molecule has 1 aromatic heterocycles. The number of anilines is 1. The van der Waals surface area contributed by atoms with Gasteiger partial charge >= 0.3 is 0 Å². The minimum Gasteiger partial charge on any atom is -0.497 e. The lowest BCUT2D eigenvalue weighted by molar-refractivity contribution is -0.113. The third-order valence-electron chi connectivity index (χ3n) is 3.46. The summed E-state index contributed by atoms with van der Waals surface area (Å²) in [4.78, 5) is 19.5. The van der Waals surface area contributed by atoms with Crippen LogP contribution in [0.25, 0.3) is 11.0 Å². The highest BCUT2D eigenvalue weighted by Crippen LogP contribution is 2.23. The molecule has 0 fully saturated rings. The summed E-state index contributed by atoms with van der Waals surface area (Å²) in [5, 5.41) is 3.31. The number of aromatic amines is 1. The summed E-state index contributed by atoms with van der Waals surface area (Å²) >= 11 is 1.28. The zero-order valence-corrected chi connectivity index (χ0v) is 14.0. The van der Waals surface area contributed by atoms with Gasteiger partial charge in [-0.3, -0.25) is 4.79 Å². The monoisotopic (exact) mass is 345 g/mol. The molecule has 7 heteroatoms. The minimum absolute atomic E-state index is 0.173. The summed E-state index contributed by atoms with van der Waals surface area (Å²) in [6, 6.07) is 10.1. The number of methoxy groups -OCH3 is 1. The molecule has 0 saturated carbocycles. The van der Waals surface area contributed by atoms with Crippen LogP contribution >= 0.6 is 11.8 Å². The van der Waals surface area contributed by atoms with Gasteiger partial charge in [-0.2, -0.15) is 0 Å². The Morgan fingerprint density at radius 2 is 2.17 bits per heavy atom. The van der Waals surface area contributed by atoms with Gasteiger partial charge < -0.3 is 15.0 Å². The molecule has 3 aromatic rings. The van der Waals surface area contributed by atoms with Crippen molar-refractivity contribution >= 4 is 34.4 Å². The number of nitrogens with zero attached hydrogens (tertiary/aromatic N) is 1. The number of imidazole rings is 1. The molecule has 5 nitrogen and oxygen atoms in total. The Bertz CT molecular complexity index is 895. The first-order valence-electron chi connectivity index (χ1n) is 7.28. The number of hydrogen-bond donors (Lipinski definition) is 2. The van der Waals surface area contributed by atoms with E-state index in [1.165, 1.54) is 17.8 Å². The molecule has 0 aliphatic rings. The second-order valence-corrected chi connectivity index (χ2v) is 6.19. The quantitative estimate of drug-likeness (QED) is 0.691. The Hall–Kier alpha value is -2.54. The van der Waals surface area contributed by atoms with Crippen LogP contribution in [0.4, 0.5) is 10.1 Å². The number of benzene rings is 2. The molecule has 1 amide bonds. The van der Waals surface area contributed by atoms with Crippen LogP contribution in [-0.2, 0) is 4.79 Å². The van der Waals surface area contributed by atoms with E-state index in [-0.39, 0.29) is 17.5 Å². The van der Waals surface area contributed by atoms with E-state index < -0.39 is 0 Å². The predicted octanol–water partition coefficient (Wildman–Crippen LogP) is 3.75. The molecule has 0 radical (unpaired) electrons. The Morgan fingerprint density at radius 1 is 1.33 bits per heavy atom. The Balaban J connectivity index is 1.62. The van der Waals surface area contributed by atoms with Gasteiger partial charge in [0.2, 0.25) is 5.91 Å². The van der Waals surface area contributed by atoms with Crippen LogP contribution in [0, 0.1) is 12.7 Å². The van der Waals surface area contributed by atoms with Crippen LogP contribution in [0.5, 0.6) is 5.75 Å². The molecule has 2 N–H and O–H groups in total. The number of aromatic nitrogens is 2. The molecule has 0 unspecified atom stereocenters. The number of aryl methyl sites for hydroxylation is 1. The number of nitrogens with one attached hydrogen (secondary N) is 2. The molecule has 0 aliphatic heterocycles. The maximum absolute atomic E-state index is 13.5. The molecular weight excluding hydrogens is 329 g/mol. The lowest BCUT2D eigenvalue weighted by atomic mass is 10.2. The highest BCUT2D eigenvalue weighted by atomic mass is 32.2. The zero-order valence-electron chi connectivity index (χ0n) is 13.2. The van der Waals surface area contributed by atoms with Crippen LogP contribution in [0.15, 0.2) is 41.6 Å². The van der Waals surface area contributed by atoms with Gasteiger partial charge in [0.25, 0.3) is 0 Å². The van der Waals surface area contributed by atoms with Crippen molar-refractivity contribution in [2.45, 2.75) is 12.1 Å². The van der Waals surface area contributed by atoms with Crippen LogP contribution in [-0.4, -0.2) is 28.7 Å². The number of fused-ring (bicyclic) bond motifs is 1. The lowest BCUT2D eigenvalue weighted by Crippen LogP contribution is -2.14. The molecule has 0 aliphatic carbocycles. The maximum Gasteiger partial charge on any atom is 0.234 e. The van der Waals surface area contributed by atoms with Crippen molar-refractivity contribution in [3.05, 3.63) is 47.8 Å². The Morgan fingerprint density at radius 3 is 2.92 bits per heavy atom. The Labute approximate surface area is 142 Å². The van der Waals surface area contributed by atoms with E-state index >= 15 is 0 Å². The van der Waals surface area contributed by atoms with Crippen LogP contribution in [0.1, 0.15) is 5.56 Å². The number of halogens is 1. The number of ether oxygens (including phenoxy) is 1. The van der Waals surface area contributed by atoms with Crippen molar-refractivity contribution in [3.63, 3.8) is 0 Å². The molecular formula is C17H16FN3O2S. The summed E-state index contributed by atoms with van der Waals surface area (Å²) in [5.41, 5.74) is 2.63. The van der Waals surface area contributed by atoms with Crippen molar-refractivity contribution in [2.75, 3.05) is 18.2 Å². The molecule has 0 saturated heterocycles. The number of amides is 1. The second kappa shape index (κ2) is 6.92. The highest BCUT2D eigenvalue weighted by Gasteiger charge is 2.09. The van der Waals surface area contributed by atoms with E-state index in [0.717, 1.165) is 16.8 Å². The summed E-state index contributed by atoms with van der Waals surface area (Å²) in [6.45, 7) is 1.67. The van der Waals surface area contributed by atoms with Gasteiger partial charge in [0.15, 0.2) is 5.16 Å². The summed E-state index contributed by atoms with van der Waals surface area (Å²) < 4.78 is 18.6. The van der Waals surface area contributed by atoms with Gasteiger partial charge in [0, 0.05) is 11.8 Å². The molecule has 124 valence electrons. The van der Waals surface area contributed by atoms with E-state index in [0.29, 0.717) is 16.4 Å². The van der Waals surface area contributed by atoms with Crippen LogP contribution < -0.4 is 10.1 Å². The van der Waals surface area contributed by atoms with Crippen molar-refractivity contribution in [1.82, 2.24) is 9.97 Å². The molecule has 3 rings (SSSR count).